The van der Waals surface area contributed by atoms with Gasteiger partial charge in [-0.05, 0) is 6.92 Å². The highest BCUT2D eigenvalue weighted by Crippen LogP contribution is 2.24. The standard InChI is InChI=1S/C7H13ClO4/c1-3-5(9)4(8)6(10)7(11-2)12-3/h3-7,9-10H,1-2H3/t3-,4-,5-,6-,7-/m1/s1. The van der Waals surface area contributed by atoms with Gasteiger partial charge >= 0.3 is 0 Å². The molecule has 0 unspecified atom stereocenters. The van der Waals surface area contributed by atoms with Crippen LogP contribution in [-0.2, 0) is 9.47 Å². The Morgan fingerprint density at radius 1 is 1.33 bits per heavy atom. The highest BCUT2D eigenvalue weighted by Gasteiger charge is 2.41. The maximum atomic E-state index is 9.38. The summed E-state index contributed by atoms with van der Waals surface area (Å²) in [6.07, 6.45) is -3.00. The van der Waals surface area contributed by atoms with Crippen molar-refractivity contribution in [3.63, 3.8) is 0 Å². The maximum absolute atomic E-state index is 9.38. The van der Waals surface area contributed by atoms with Crippen molar-refractivity contribution >= 4 is 11.6 Å². The summed E-state index contributed by atoms with van der Waals surface area (Å²) >= 11 is 5.73. The molecule has 4 nitrogen and oxygen atoms in total. The number of methoxy groups -OCH3 is 1. The van der Waals surface area contributed by atoms with E-state index in [1.54, 1.807) is 6.92 Å². The lowest BCUT2D eigenvalue weighted by atomic mass is 10.0. The number of ether oxygens (including phenoxy) is 2. The summed E-state index contributed by atoms with van der Waals surface area (Å²) in [7, 11) is 1.42. The van der Waals surface area contributed by atoms with Crippen molar-refractivity contribution in [2.24, 2.45) is 0 Å². The van der Waals surface area contributed by atoms with Gasteiger partial charge in [-0.2, -0.15) is 0 Å². The average Bonchev–Trinajstić information content (AvgIpc) is 2.08. The van der Waals surface area contributed by atoms with E-state index in [1.807, 2.05) is 0 Å². The third-order valence-corrected chi connectivity index (χ3v) is 2.51. The van der Waals surface area contributed by atoms with Crippen LogP contribution in [-0.4, -0.2) is 47.3 Å². The zero-order valence-electron chi connectivity index (χ0n) is 6.98. The van der Waals surface area contributed by atoms with Crippen LogP contribution in [0.4, 0.5) is 0 Å². The molecule has 1 saturated heterocycles. The molecule has 72 valence electrons. The van der Waals surface area contributed by atoms with Crippen LogP contribution in [0.3, 0.4) is 0 Å². The minimum absolute atomic E-state index is 0.416. The lowest BCUT2D eigenvalue weighted by molar-refractivity contribution is -0.249. The maximum Gasteiger partial charge on any atom is 0.185 e. The molecular weight excluding hydrogens is 184 g/mol. The highest BCUT2D eigenvalue weighted by atomic mass is 35.5. The monoisotopic (exact) mass is 196 g/mol. The largest absolute Gasteiger partial charge is 0.389 e. The summed E-state index contributed by atoms with van der Waals surface area (Å²) in [5, 5.41) is 18.0. The van der Waals surface area contributed by atoms with Gasteiger partial charge in [0.2, 0.25) is 0 Å². The molecule has 0 aromatic rings. The molecule has 1 fully saturated rings. The number of hydrogen-bond donors (Lipinski definition) is 2. The SMILES string of the molecule is CO[C@@H]1O[C@H](C)[C@@H](O)[C@@H](Cl)[C@H]1O. The van der Waals surface area contributed by atoms with Crippen LogP contribution in [0.2, 0.25) is 0 Å². The highest BCUT2D eigenvalue weighted by molar-refractivity contribution is 6.21. The van der Waals surface area contributed by atoms with Crippen LogP contribution in [0.15, 0.2) is 0 Å². The van der Waals surface area contributed by atoms with Crippen molar-refractivity contribution in [1.29, 1.82) is 0 Å². The van der Waals surface area contributed by atoms with Gasteiger partial charge in [-0.3, -0.25) is 0 Å². The first-order valence-corrected chi connectivity index (χ1v) is 4.20. The molecule has 0 spiro atoms. The van der Waals surface area contributed by atoms with E-state index in [-0.39, 0.29) is 0 Å². The van der Waals surface area contributed by atoms with Crippen LogP contribution in [0.5, 0.6) is 0 Å². The second kappa shape index (κ2) is 3.89. The second-order valence-corrected chi connectivity index (χ2v) is 3.37. The molecular formula is C7H13ClO4. The lowest BCUT2D eigenvalue weighted by Crippen LogP contribution is -2.54. The van der Waals surface area contributed by atoms with Crippen molar-refractivity contribution in [3.8, 4) is 0 Å². The van der Waals surface area contributed by atoms with Gasteiger partial charge in [-0.15, -0.1) is 11.6 Å². The molecule has 0 bridgehead atoms. The minimum Gasteiger partial charge on any atom is -0.389 e. The van der Waals surface area contributed by atoms with E-state index in [9.17, 15) is 10.2 Å². The van der Waals surface area contributed by atoms with Crippen LogP contribution >= 0.6 is 11.6 Å². The summed E-state index contributed by atoms with van der Waals surface area (Å²) in [6, 6.07) is 0. The third-order valence-electron chi connectivity index (χ3n) is 1.99. The molecule has 0 aromatic heterocycles. The van der Waals surface area contributed by atoms with Crippen molar-refractivity contribution < 1.29 is 19.7 Å². The second-order valence-electron chi connectivity index (χ2n) is 2.87. The smallest absolute Gasteiger partial charge is 0.185 e. The molecule has 1 heterocycles. The normalized spacial score (nSPS) is 49.2. The van der Waals surface area contributed by atoms with E-state index < -0.39 is 30.0 Å². The molecule has 1 aliphatic heterocycles. The summed E-state index contributed by atoms with van der Waals surface area (Å²) in [4.78, 5) is 0. The molecule has 0 amide bonds. The summed E-state index contributed by atoms with van der Waals surface area (Å²) in [6.45, 7) is 1.68. The third kappa shape index (κ3) is 1.72. The number of aliphatic hydroxyl groups excluding tert-OH is 2. The Balaban J connectivity index is 2.63. The Kier molecular flexibility index (Phi) is 3.31. The van der Waals surface area contributed by atoms with Crippen molar-refractivity contribution in [3.05, 3.63) is 0 Å². The van der Waals surface area contributed by atoms with Crippen molar-refractivity contribution in [2.75, 3.05) is 7.11 Å². The summed E-state index contributed by atoms with van der Waals surface area (Å²) < 4.78 is 9.95. The molecule has 2 N–H and O–H groups in total. The number of hydrogen-bond acceptors (Lipinski definition) is 4. The van der Waals surface area contributed by atoms with Gasteiger partial charge in [0.15, 0.2) is 6.29 Å². The predicted octanol–water partition coefficient (Wildman–Crippen LogP) is -0.293. The zero-order chi connectivity index (χ0) is 9.30. The quantitative estimate of drug-likeness (QED) is 0.566. The summed E-state index contributed by atoms with van der Waals surface area (Å²) in [5.74, 6) is 0. The van der Waals surface area contributed by atoms with Gasteiger partial charge in [0.05, 0.1) is 17.6 Å². The van der Waals surface area contributed by atoms with Crippen LogP contribution < -0.4 is 0 Å². The average molecular weight is 197 g/mol. The number of halogens is 1. The fourth-order valence-corrected chi connectivity index (χ4v) is 1.50. The Hall–Kier alpha value is 0.130. The fourth-order valence-electron chi connectivity index (χ4n) is 1.18. The molecule has 0 aromatic carbocycles. The molecule has 0 radical (unpaired) electrons. The van der Waals surface area contributed by atoms with E-state index in [0.29, 0.717) is 0 Å². The Bertz CT molecular complexity index is 150. The van der Waals surface area contributed by atoms with Gasteiger partial charge in [0.25, 0.3) is 0 Å². The van der Waals surface area contributed by atoms with E-state index in [4.69, 9.17) is 21.1 Å². The molecule has 1 rings (SSSR count). The molecule has 5 atom stereocenters. The first kappa shape index (κ1) is 10.2. The van der Waals surface area contributed by atoms with E-state index >= 15 is 0 Å². The molecule has 1 aliphatic rings. The van der Waals surface area contributed by atoms with Crippen LogP contribution in [0, 0.1) is 0 Å². The lowest BCUT2D eigenvalue weighted by Gasteiger charge is -2.38. The first-order chi connectivity index (χ1) is 5.57. The van der Waals surface area contributed by atoms with E-state index in [1.165, 1.54) is 7.11 Å². The van der Waals surface area contributed by atoms with E-state index in [2.05, 4.69) is 0 Å². The topological polar surface area (TPSA) is 58.9 Å². The van der Waals surface area contributed by atoms with Crippen LogP contribution in [0.1, 0.15) is 6.92 Å². The van der Waals surface area contributed by atoms with Gasteiger partial charge in [0, 0.05) is 7.11 Å². The first-order valence-electron chi connectivity index (χ1n) is 3.76. The van der Waals surface area contributed by atoms with Gasteiger partial charge < -0.3 is 19.7 Å². The zero-order valence-corrected chi connectivity index (χ0v) is 7.73. The van der Waals surface area contributed by atoms with Gasteiger partial charge in [-0.1, -0.05) is 0 Å². The van der Waals surface area contributed by atoms with Crippen molar-refractivity contribution in [2.45, 2.75) is 36.9 Å². The molecule has 0 saturated carbocycles. The number of alkyl halides is 1. The molecule has 5 heteroatoms. The van der Waals surface area contributed by atoms with Crippen LogP contribution in [0.25, 0.3) is 0 Å². The molecule has 12 heavy (non-hydrogen) atoms. The number of aliphatic hydroxyl groups is 2. The minimum atomic E-state index is -0.983. The number of rotatable bonds is 1. The van der Waals surface area contributed by atoms with E-state index in [0.717, 1.165) is 0 Å². The predicted molar refractivity (Wildman–Crippen MR) is 43.0 cm³/mol. The van der Waals surface area contributed by atoms with Gasteiger partial charge in [-0.25, -0.2) is 0 Å². The summed E-state index contributed by atoms with van der Waals surface area (Å²) in [5.41, 5.74) is 0. The Labute approximate surface area is 76.0 Å². The Morgan fingerprint density at radius 3 is 2.42 bits per heavy atom. The molecule has 0 aliphatic carbocycles. The van der Waals surface area contributed by atoms with Crippen molar-refractivity contribution in [1.82, 2.24) is 0 Å². The Morgan fingerprint density at radius 2 is 1.92 bits per heavy atom. The fraction of sp³-hybridized carbons (Fsp3) is 1.00. The van der Waals surface area contributed by atoms with Gasteiger partial charge in [0.1, 0.15) is 6.10 Å².